The van der Waals surface area contributed by atoms with E-state index >= 15 is 0 Å². The number of nitrogens with zero attached hydrogens (tertiary/aromatic N) is 2. The molecule has 0 unspecified atom stereocenters. The average molecular weight is 302 g/mol. The molecule has 0 aliphatic carbocycles. The minimum Gasteiger partial charge on any atom is -0.387 e. The minimum absolute atomic E-state index is 0.0685. The van der Waals surface area contributed by atoms with Gasteiger partial charge in [-0.1, -0.05) is 18.2 Å². The Morgan fingerprint density at radius 1 is 1.23 bits per heavy atom. The highest BCUT2D eigenvalue weighted by Gasteiger charge is 2.15. The van der Waals surface area contributed by atoms with Crippen LogP contribution in [0, 0.1) is 23.0 Å². The summed E-state index contributed by atoms with van der Waals surface area (Å²) in [5.74, 6) is -1.43. The lowest BCUT2D eigenvalue weighted by atomic mass is 10.1. The van der Waals surface area contributed by atoms with Crippen LogP contribution >= 0.6 is 0 Å². The Balaban J connectivity index is 2.01. The van der Waals surface area contributed by atoms with Crippen molar-refractivity contribution in [3.8, 4) is 6.07 Å². The van der Waals surface area contributed by atoms with Gasteiger partial charge in [-0.25, -0.2) is 8.78 Å². The maximum absolute atomic E-state index is 13.6. The third kappa shape index (κ3) is 4.10. The highest BCUT2D eigenvalue weighted by molar-refractivity contribution is 5.32. The van der Waals surface area contributed by atoms with E-state index in [9.17, 15) is 13.9 Å². The molecule has 0 heterocycles. The molecule has 2 aromatic rings. The van der Waals surface area contributed by atoms with Crippen molar-refractivity contribution in [1.29, 1.82) is 5.26 Å². The first-order chi connectivity index (χ1) is 10.5. The second-order valence-corrected chi connectivity index (χ2v) is 5.19. The molecule has 0 radical (unpaired) electrons. The predicted octanol–water partition coefficient (Wildman–Crippen LogP) is 3.00. The fourth-order valence-corrected chi connectivity index (χ4v) is 2.28. The third-order valence-electron chi connectivity index (χ3n) is 3.31. The van der Waals surface area contributed by atoms with Gasteiger partial charge in [0.1, 0.15) is 11.6 Å². The van der Waals surface area contributed by atoms with Crippen molar-refractivity contribution in [3.63, 3.8) is 0 Å². The molecule has 0 aliphatic rings. The molecule has 0 aromatic heterocycles. The lowest BCUT2D eigenvalue weighted by Crippen LogP contribution is -2.24. The van der Waals surface area contributed by atoms with Crippen LogP contribution in [0.1, 0.15) is 22.8 Å². The van der Waals surface area contributed by atoms with E-state index in [1.54, 1.807) is 25.2 Å². The van der Waals surface area contributed by atoms with Gasteiger partial charge in [0.15, 0.2) is 0 Å². The number of aliphatic hydroxyl groups excluding tert-OH is 1. The van der Waals surface area contributed by atoms with Gasteiger partial charge in [-0.3, -0.25) is 4.90 Å². The normalized spacial score (nSPS) is 12.2. The highest BCUT2D eigenvalue weighted by atomic mass is 19.1. The first-order valence-electron chi connectivity index (χ1n) is 6.80. The first-order valence-corrected chi connectivity index (χ1v) is 6.80. The Bertz CT molecular complexity index is 697. The molecule has 2 rings (SSSR count). The van der Waals surface area contributed by atoms with Crippen LogP contribution in [0.15, 0.2) is 42.5 Å². The fourth-order valence-electron chi connectivity index (χ4n) is 2.28. The van der Waals surface area contributed by atoms with Gasteiger partial charge in [0.2, 0.25) is 0 Å². The molecule has 5 heteroatoms. The quantitative estimate of drug-likeness (QED) is 0.923. The number of benzene rings is 2. The Morgan fingerprint density at radius 3 is 2.68 bits per heavy atom. The second-order valence-electron chi connectivity index (χ2n) is 5.19. The molecule has 1 N–H and O–H groups in total. The van der Waals surface area contributed by atoms with E-state index in [0.29, 0.717) is 12.1 Å². The standard InChI is InChI=1S/C17H16F2N2O/c1-21(10-13-4-2-3-12(7-13)9-20)11-17(22)15-6-5-14(18)8-16(15)19/h2-8,17,22H,10-11H2,1H3/t17-/m0/s1. The van der Waals surface area contributed by atoms with Crippen LogP contribution in [-0.2, 0) is 6.54 Å². The predicted molar refractivity (Wildman–Crippen MR) is 78.8 cm³/mol. The second kappa shape index (κ2) is 7.12. The summed E-state index contributed by atoms with van der Waals surface area (Å²) in [4.78, 5) is 1.81. The molecule has 22 heavy (non-hydrogen) atoms. The zero-order valence-electron chi connectivity index (χ0n) is 12.1. The summed E-state index contributed by atoms with van der Waals surface area (Å²) in [5.41, 5.74) is 1.56. The molecule has 0 saturated carbocycles. The molecule has 0 fully saturated rings. The van der Waals surface area contributed by atoms with Gasteiger partial charge in [-0.2, -0.15) is 5.26 Å². The van der Waals surface area contributed by atoms with Crippen LogP contribution in [0.2, 0.25) is 0 Å². The number of nitriles is 1. The summed E-state index contributed by atoms with van der Waals surface area (Å²) in [5, 5.41) is 19.0. The topological polar surface area (TPSA) is 47.3 Å². The summed E-state index contributed by atoms with van der Waals surface area (Å²) in [6.45, 7) is 0.703. The summed E-state index contributed by atoms with van der Waals surface area (Å²) in [7, 11) is 1.78. The summed E-state index contributed by atoms with van der Waals surface area (Å²) in [6, 6.07) is 12.3. The van der Waals surface area contributed by atoms with Crippen LogP contribution < -0.4 is 0 Å². The van der Waals surface area contributed by atoms with Crippen LogP contribution in [0.3, 0.4) is 0 Å². The summed E-state index contributed by atoms with van der Waals surface area (Å²) < 4.78 is 26.5. The number of hydrogen-bond donors (Lipinski definition) is 1. The molecular formula is C17H16F2N2O. The zero-order valence-corrected chi connectivity index (χ0v) is 12.1. The molecule has 0 amide bonds. The number of halogens is 2. The molecule has 0 saturated heterocycles. The monoisotopic (exact) mass is 302 g/mol. The van der Waals surface area contributed by atoms with Gasteiger partial charge in [0.05, 0.1) is 17.7 Å². The Hall–Kier alpha value is -2.29. The van der Waals surface area contributed by atoms with Gasteiger partial charge in [-0.15, -0.1) is 0 Å². The lowest BCUT2D eigenvalue weighted by Gasteiger charge is -2.21. The van der Waals surface area contributed by atoms with Crippen molar-refractivity contribution < 1.29 is 13.9 Å². The van der Waals surface area contributed by atoms with E-state index in [1.807, 2.05) is 11.0 Å². The van der Waals surface area contributed by atoms with E-state index in [0.717, 1.165) is 17.7 Å². The largest absolute Gasteiger partial charge is 0.387 e. The summed E-state index contributed by atoms with van der Waals surface area (Å²) >= 11 is 0. The minimum atomic E-state index is -1.05. The van der Waals surface area contributed by atoms with Gasteiger partial charge in [0.25, 0.3) is 0 Å². The number of aliphatic hydroxyl groups is 1. The molecule has 3 nitrogen and oxygen atoms in total. The molecule has 0 spiro atoms. The maximum Gasteiger partial charge on any atom is 0.131 e. The molecule has 0 bridgehead atoms. The van der Waals surface area contributed by atoms with Gasteiger partial charge < -0.3 is 5.11 Å². The molecule has 0 aliphatic heterocycles. The molecule has 114 valence electrons. The SMILES string of the molecule is CN(Cc1cccc(C#N)c1)C[C@H](O)c1ccc(F)cc1F. The van der Waals surface area contributed by atoms with E-state index < -0.39 is 17.7 Å². The van der Waals surface area contributed by atoms with Gasteiger partial charge in [-0.05, 0) is 30.8 Å². The van der Waals surface area contributed by atoms with E-state index in [2.05, 4.69) is 6.07 Å². The molecular weight excluding hydrogens is 286 g/mol. The summed E-state index contributed by atoms with van der Waals surface area (Å²) in [6.07, 6.45) is -1.05. The fraction of sp³-hybridized carbons (Fsp3) is 0.235. The number of likely N-dealkylation sites (N-methyl/N-ethyl adjacent to an activating group) is 1. The van der Waals surface area contributed by atoms with Crippen LogP contribution in [-0.4, -0.2) is 23.6 Å². The van der Waals surface area contributed by atoms with Crippen molar-refractivity contribution in [2.75, 3.05) is 13.6 Å². The number of hydrogen-bond acceptors (Lipinski definition) is 3. The Morgan fingerprint density at radius 2 is 2.00 bits per heavy atom. The van der Waals surface area contributed by atoms with Gasteiger partial charge in [0, 0.05) is 24.7 Å². The van der Waals surface area contributed by atoms with Crippen LogP contribution in [0.5, 0.6) is 0 Å². The first kappa shape index (κ1) is 16.1. The zero-order chi connectivity index (χ0) is 16.1. The Labute approximate surface area is 128 Å². The van der Waals surface area contributed by atoms with Crippen molar-refractivity contribution in [3.05, 3.63) is 70.8 Å². The average Bonchev–Trinajstić information content (AvgIpc) is 2.47. The van der Waals surface area contributed by atoms with E-state index in [1.165, 1.54) is 6.07 Å². The van der Waals surface area contributed by atoms with Crippen LogP contribution in [0.4, 0.5) is 8.78 Å². The van der Waals surface area contributed by atoms with E-state index in [4.69, 9.17) is 5.26 Å². The highest BCUT2D eigenvalue weighted by Crippen LogP contribution is 2.19. The number of rotatable bonds is 5. The van der Waals surface area contributed by atoms with Crippen molar-refractivity contribution in [2.24, 2.45) is 0 Å². The van der Waals surface area contributed by atoms with Crippen molar-refractivity contribution >= 4 is 0 Å². The maximum atomic E-state index is 13.6. The molecule has 1 atom stereocenters. The van der Waals surface area contributed by atoms with Crippen molar-refractivity contribution in [1.82, 2.24) is 4.90 Å². The Kier molecular flexibility index (Phi) is 5.21. The van der Waals surface area contributed by atoms with Crippen LogP contribution in [0.25, 0.3) is 0 Å². The smallest absolute Gasteiger partial charge is 0.131 e. The lowest BCUT2D eigenvalue weighted by molar-refractivity contribution is 0.120. The van der Waals surface area contributed by atoms with E-state index in [-0.39, 0.29) is 12.1 Å². The third-order valence-corrected chi connectivity index (χ3v) is 3.31. The van der Waals surface area contributed by atoms with Gasteiger partial charge >= 0.3 is 0 Å². The van der Waals surface area contributed by atoms with Crippen molar-refractivity contribution in [2.45, 2.75) is 12.6 Å². The molecule has 2 aromatic carbocycles.